The topological polar surface area (TPSA) is 49.9 Å². The van der Waals surface area contributed by atoms with Gasteiger partial charge in [-0.2, -0.15) is 0 Å². The van der Waals surface area contributed by atoms with Crippen molar-refractivity contribution in [1.29, 1.82) is 0 Å². The molecule has 1 saturated heterocycles. The monoisotopic (exact) mass is 374 g/mol. The van der Waals surface area contributed by atoms with E-state index >= 15 is 0 Å². The molecule has 2 rings (SSSR count). The quantitative estimate of drug-likeness (QED) is 0.793. The van der Waals surface area contributed by atoms with E-state index in [2.05, 4.69) is 45.0 Å². The van der Waals surface area contributed by atoms with Gasteiger partial charge in [-0.15, -0.1) is 0 Å². The van der Waals surface area contributed by atoms with E-state index in [0.717, 1.165) is 0 Å². The Balaban J connectivity index is 1.92. The summed E-state index contributed by atoms with van der Waals surface area (Å²) in [4.78, 5) is 28.6. The number of aryl methyl sites for hydroxylation is 1. The van der Waals surface area contributed by atoms with Gasteiger partial charge in [0.25, 0.3) is 0 Å². The van der Waals surface area contributed by atoms with Gasteiger partial charge in [-0.1, -0.05) is 43.7 Å². The van der Waals surface area contributed by atoms with Gasteiger partial charge in [0.2, 0.25) is 5.91 Å². The third kappa shape index (κ3) is 6.26. The molecular formula is C22H34N2O3. The summed E-state index contributed by atoms with van der Waals surface area (Å²) in [5.41, 5.74) is 1.95. The SMILES string of the molecule is Cc1ccc(C(CC(=O)N2CCN(C(=O)OC(C)(C)C)CC2)C(C)C)cc1. The lowest BCUT2D eigenvalue weighted by Crippen LogP contribution is -2.51. The molecule has 5 heteroatoms. The minimum Gasteiger partial charge on any atom is -0.444 e. The molecule has 0 aromatic heterocycles. The second-order valence-corrected chi connectivity index (χ2v) is 8.81. The summed E-state index contributed by atoms with van der Waals surface area (Å²) in [7, 11) is 0. The van der Waals surface area contributed by atoms with Crippen LogP contribution >= 0.6 is 0 Å². The van der Waals surface area contributed by atoms with Crippen molar-refractivity contribution < 1.29 is 14.3 Å². The van der Waals surface area contributed by atoms with Crippen molar-refractivity contribution in [3.8, 4) is 0 Å². The van der Waals surface area contributed by atoms with Gasteiger partial charge in [0.1, 0.15) is 5.60 Å². The highest BCUT2D eigenvalue weighted by atomic mass is 16.6. The van der Waals surface area contributed by atoms with Crippen molar-refractivity contribution in [2.75, 3.05) is 26.2 Å². The first-order chi connectivity index (χ1) is 12.6. The van der Waals surface area contributed by atoms with E-state index < -0.39 is 5.60 Å². The maximum atomic E-state index is 12.8. The number of amides is 2. The van der Waals surface area contributed by atoms with E-state index in [9.17, 15) is 9.59 Å². The molecule has 1 aromatic carbocycles. The highest BCUT2D eigenvalue weighted by Crippen LogP contribution is 2.29. The van der Waals surface area contributed by atoms with E-state index in [1.54, 1.807) is 4.90 Å². The number of ether oxygens (including phenoxy) is 1. The van der Waals surface area contributed by atoms with Gasteiger partial charge in [0.05, 0.1) is 0 Å². The predicted octanol–water partition coefficient (Wildman–Crippen LogP) is 4.20. The third-order valence-electron chi connectivity index (χ3n) is 4.99. The third-order valence-corrected chi connectivity index (χ3v) is 4.99. The summed E-state index contributed by atoms with van der Waals surface area (Å²) >= 11 is 0. The summed E-state index contributed by atoms with van der Waals surface area (Å²) in [6.07, 6.45) is 0.210. The lowest BCUT2D eigenvalue weighted by Gasteiger charge is -2.36. The Morgan fingerprint density at radius 3 is 2.00 bits per heavy atom. The van der Waals surface area contributed by atoms with Crippen LogP contribution < -0.4 is 0 Å². The molecule has 150 valence electrons. The fourth-order valence-electron chi connectivity index (χ4n) is 3.33. The van der Waals surface area contributed by atoms with Crippen LogP contribution in [0, 0.1) is 12.8 Å². The average molecular weight is 375 g/mol. The Morgan fingerprint density at radius 1 is 1.00 bits per heavy atom. The summed E-state index contributed by atoms with van der Waals surface area (Å²) in [6.45, 7) is 14.2. The number of piperazine rings is 1. The van der Waals surface area contributed by atoms with Crippen molar-refractivity contribution in [2.45, 2.75) is 59.5 Å². The summed E-state index contributed by atoms with van der Waals surface area (Å²) < 4.78 is 5.42. The molecule has 1 aliphatic rings. The Hall–Kier alpha value is -2.04. The highest BCUT2D eigenvalue weighted by molar-refractivity contribution is 5.77. The lowest BCUT2D eigenvalue weighted by molar-refractivity contribution is -0.133. The van der Waals surface area contributed by atoms with Crippen LogP contribution in [0.5, 0.6) is 0 Å². The summed E-state index contributed by atoms with van der Waals surface area (Å²) in [6, 6.07) is 8.48. The van der Waals surface area contributed by atoms with Crippen molar-refractivity contribution in [2.24, 2.45) is 5.92 Å². The van der Waals surface area contributed by atoms with Crippen LogP contribution in [-0.4, -0.2) is 53.6 Å². The van der Waals surface area contributed by atoms with Gasteiger partial charge >= 0.3 is 6.09 Å². The second-order valence-electron chi connectivity index (χ2n) is 8.81. The predicted molar refractivity (Wildman–Crippen MR) is 108 cm³/mol. The van der Waals surface area contributed by atoms with E-state index in [1.165, 1.54) is 11.1 Å². The Labute approximate surface area is 163 Å². The Morgan fingerprint density at radius 2 is 1.52 bits per heavy atom. The number of carbonyl (C=O) groups is 2. The van der Waals surface area contributed by atoms with Gasteiger partial charge in [0.15, 0.2) is 0 Å². The van der Waals surface area contributed by atoms with E-state index in [-0.39, 0.29) is 17.9 Å². The first-order valence-electron chi connectivity index (χ1n) is 9.89. The number of benzene rings is 1. The van der Waals surface area contributed by atoms with Crippen LogP contribution in [0.15, 0.2) is 24.3 Å². The van der Waals surface area contributed by atoms with Crippen molar-refractivity contribution in [3.63, 3.8) is 0 Å². The molecule has 5 nitrogen and oxygen atoms in total. The number of carbonyl (C=O) groups excluding carboxylic acids is 2. The van der Waals surface area contributed by atoms with Gasteiger partial charge in [0, 0.05) is 32.6 Å². The smallest absolute Gasteiger partial charge is 0.410 e. The molecule has 0 radical (unpaired) electrons. The normalized spacial score (nSPS) is 16.4. The highest BCUT2D eigenvalue weighted by Gasteiger charge is 2.29. The summed E-state index contributed by atoms with van der Waals surface area (Å²) in [5, 5.41) is 0. The molecular weight excluding hydrogens is 340 g/mol. The molecule has 1 unspecified atom stereocenters. The molecule has 1 fully saturated rings. The molecule has 0 saturated carbocycles. The van der Waals surface area contributed by atoms with Crippen LogP contribution in [-0.2, 0) is 9.53 Å². The van der Waals surface area contributed by atoms with Crippen LogP contribution in [0.1, 0.15) is 58.1 Å². The molecule has 27 heavy (non-hydrogen) atoms. The molecule has 1 heterocycles. The molecule has 0 spiro atoms. The standard InChI is InChI=1S/C22H34N2O3/c1-16(2)19(18-9-7-17(3)8-10-18)15-20(25)23-11-13-24(14-12-23)21(26)27-22(4,5)6/h7-10,16,19H,11-15H2,1-6H3. The van der Waals surface area contributed by atoms with E-state index in [1.807, 2.05) is 25.7 Å². The summed E-state index contributed by atoms with van der Waals surface area (Å²) in [5.74, 6) is 0.764. The second kappa shape index (κ2) is 8.77. The first-order valence-corrected chi connectivity index (χ1v) is 9.89. The zero-order valence-corrected chi connectivity index (χ0v) is 17.6. The number of hydrogen-bond acceptors (Lipinski definition) is 3. The molecule has 1 aromatic rings. The first kappa shape index (κ1) is 21.3. The van der Waals surface area contributed by atoms with Crippen molar-refractivity contribution in [1.82, 2.24) is 9.80 Å². The Bertz CT molecular complexity index is 639. The van der Waals surface area contributed by atoms with Gasteiger partial charge in [-0.3, -0.25) is 4.79 Å². The van der Waals surface area contributed by atoms with Crippen molar-refractivity contribution >= 4 is 12.0 Å². The number of nitrogens with zero attached hydrogens (tertiary/aromatic N) is 2. The van der Waals surface area contributed by atoms with E-state index in [0.29, 0.717) is 38.5 Å². The zero-order valence-electron chi connectivity index (χ0n) is 17.6. The molecule has 0 bridgehead atoms. The van der Waals surface area contributed by atoms with Crippen LogP contribution in [0.25, 0.3) is 0 Å². The Kier molecular flexibility index (Phi) is 6.90. The molecule has 2 amide bonds. The fraction of sp³-hybridized carbons (Fsp3) is 0.636. The van der Waals surface area contributed by atoms with Gasteiger partial charge in [-0.05, 0) is 45.1 Å². The van der Waals surface area contributed by atoms with Gasteiger partial charge < -0.3 is 14.5 Å². The molecule has 0 N–H and O–H groups in total. The largest absolute Gasteiger partial charge is 0.444 e. The average Bonchev–Trinajstić information content (AvgIpc) is 2.59. The zero-order chi connectivity index (χ0) is 20.2. The maximum absolute atomic E-state index is 12.8. The minimum absolute atomic E-state index is 0.165. The fourth-order valence-corrected chi connectivity index (χ4v) is 3.33. The molecule has 0 aliphatic carbocycles. The van der Waals surface area contributed by atoms with Crippen molar-refractivity contribution in [3.05, 3.63) is 35.4 Å². The number of hydrogen-bond donors (Lipinski definition) is 0. The van der Waals surface area contributed by atoms with E-state index in [4.69, 9.17) is 4.74 Å². The van der Waals surface area contributed by atoms with Crippen LogP contribution in [0.3, 0.4) is 0 Å². The molecule has 1 aliphatic heterocycles. The minimum atomic E-state index is -0.497. The van der Waals surface area contributed by atoms with Crippen LogP contribution in [0.4, 0.5) is 4.79 Å². The van der Waals surface area contributed by atoms with Gasteiger partial charge in [-0.25, -0.2) is 4.79 Å². The maximum Gasteiger partial charge on any atom is 0.410 e. The lowest BCUT2D eigenvalue weighted by atomic mass is 9.85. The molecule has 1 atom stereocenters. The number of rotatable bonds is 4. The van der Waals surface area contributed by atoms with Crippen LogP contribution in [0.2, 0.25) is 0 Å².